The number of amides is 2. The van der Waals surface area contributed by atoms with Gasteiger partial charge in [-0.2, -0.15) is 0 Å². The molecule has 2 amide bonds. The van der Waals surface area contributed by atoms with Gasteiger partial charge in [-0.15, -0.1) is 0 Å². The lowest BCUT2D eigenvalue weighted by atomic mass is 10.0. The Morgan fingerprint density at radius 1 is 1.08 bits per heavy atom. The molecule has 0 aliphatic carbocycles. The minimum Gasteiger partial charge on any atom is -0.494 e. The fraction of sp³-hybridized carbons (Fsp3) is 0.267. The third-order valence-corrected chi connectivity index (χ3v) is 6.02. The lowest BCUT2D eigenvalue weighted by Crippen LogP contribution is -2.39. The highest BCUT2D eigenvalue weighted by atomic mass is 16.5. The summed E-state index contributed by atoms with van der Waals surface area (Å²) < 4.78 is 11.4. The van der Waals surface area contributed by atoms with Crippen molar-refractivity contribution < 1.29 is 19.1 Å². The summed E-state index contributed by atoms with van der Waals surface area (Å²) >= 11 is 0. The zero-order valence-electron chi connectivity index (χ0n) is 21.0. The van der Waals surface area contributed by atoms with Gasteiger partial charge in [0.15, 0.2) is 6.61 Å². The summed E-state index contributed by atoms with van der Waals surface area (Å²) in [7, 11) is 0. The van der Waals surface area contributed by atoms with Crippen molar-refractivity contribution >= 4 is 29.3 Å². The zero-order valence-corrected chi connectivity index (χ0v) is 21.0. The van der Waals surface area contributed by atoms with Crippen LogP contribution in [0.4, 0.5) is 11.4 Å². The lowest BCUT2D eigenvalue weighted by Gasteiger charge is -2.29. The number of hydrogen-bond acceptors (Lipinski definition) is 4. The van der Waals surface area contributed by atoms with E-state index in [-0.39, 0.29) is 18.4 Å². The van der Waals surface area contributed by atoms with Crippen LogP contribution in [0, 0.1) is 6.92 Å². The van der Waals surface area contributed by atoms with E-state index in [1.807, 2.05) is 43.3 Å². The third kappa shape index (κ3) is 6.54. The number of benzene rings is 3. The number of carbonyl (C=O) groups excluding carboxylic acids is 2. The second-order valence-corrected chi connectivity index (χ2v) is 9.18. The Kier molecular flexibility index (Phi) is 8.06. The molecule has 0 saturated heterocycles. The Bertz CT molecular complexity index is 1230. The van der Waals surface area contributed by atoms with Gasteiger partial charge in [0, 0.05) is 18.3 Å². The van der Waals surface area contributed by atoms with Gasteiger partial charge in [0.2, 0.25) is 5.91 Å². The molecule has 1 N–H and O–H groups in total. The van der Waals surface area contributed by atoms with E-state index in [9.17, 15) is 9.59 Å². The van der Waals surface area contributed by atoms with Crippen LogP contribution in [-0.2, 0) is 9.59 Å². The maximum atomic E-state index is 12.6. The van der Waals surface area contributed by atoms with Crippen LogP contribution < -0.4 is 19.7 Å². The van der Waals surface area contributed by atoms with Gasteiger partial charge in [-0.05, 0) is 66.8 Å². The van der Waals surface area contributed by atoms with Crippen LogP contribution in [0.1, 0.15) is 42.9 Å². The predicted molar refractivity (Wildman–Crippen MR) is 144 cm³/mol. The average Bonchev–Trinajstić information content (AvgIpc) is 2.87. The molecule has 3 aromatic carbocycles. The van der Waals surface area contributed by atoms with Crippen LogP contribution in [0.5, 0.6) is 11.5 Å². The van der Waals surface area contributed by atoms with Crippen LogP contribution in [0.15, 0.2) is 72.8 Å². The Morgan fingerprint density at radius 2 is 1.83 bits per heavy atom. The molecule has 1 aliphatic heterocycles. The van der Waals surface area contributed by atoms with Gasteiger partial charge in [0.05, 0.1) is 12.3 Å². The van der Waals surface area contributed by atoms with Crippen molar-refractivity contribution in [2.75, 3.05) is 30.0 Å². The van der Waals surface area contributed by atoms with Crippen LogP contribution >= 0.6 is 0 Å². The first-order valence-corrected chi connectivity index (χ1v) is 12.2. The number of fused-ring (bicyclic) bond motifs is 1. The predicted octanol–water partition coefficient (Wildman–Crippen LogP) is 5.96. The second kappa shape index (κ2) is 11.6. The molecule has 0 fully saturated rings. The standard InChI is InChI=1S/C30H32N2O4/c1-21(2)24-10-7-23(8-11-24)9-16-29(33)31-25-12-15-28-27(19-25)32(30(34)20-36-28)17-4-18-35-26-13-5-22(3)6-14-26/h5-16,19,21H,4,17-18,20H2,1-3H3,(H,31,33)/b16-9+. The minimum atomic E-state index is -0.246. The molecule has 6 heteroatoms. The van der Waals surface area contributed by atoms with E-state index < -0.39 is 0 Å². The average molecular weight is 485 g/mol. The molecule has 0 saturated carbocycles. The molecule has 6 nitrogen and oxygen atoms in total. The van der Waals surface area contributed by atoms with E-state index >= 15 is 0 Å². The van der Waals surface area contributed by atoms with E-state index in [2.05, 4.69) is 31.3 Å². The van der Waals surface area contributed by atoms with Gasteiger partial charge in [-0.3, -0.25) is 9.59 Å². The van der Waals surface area contributed by atoms with Gasteiger partial charge >= 0.3 is 0 Å². The molecule has 3 aromatic rings. The molecule has 0 bridgehead atoms. The summed E-state index contributed by atoms with van der Waals surface area (Å²) in [4.78, 5) is 26.8. The molecule has 0 aromatic heterocycles. The van der Waals surface area contributed by atoms with Crippen LogP contribution in [0.2, 0.25) is 0 Å². The highest BCUT2D eigenvalue weighted by Crippen LogP contribution is 2.34. The largest absolute Gasteiger partial charge is 0.494 e. The molecular weight excluding hydrogens is 452 g/mol. The van der Waals surface area contributed by atoms with E-state index in [0.717, 1.165) is 11.3 Å². The first kappa shape index (κ1) is 25.0. The number of anilines is 2. The van der Waals surface area contributed by atoms with Crippen molar-refractivity contribution in [3.63, 3.8) is 0 Å². The first-order valence-electron chi connectivity index (χ1n) is 12.2. The summed E-state index contributed by atoms with van der Waals surface area (Å²) in [6.07, 6.45) is 3.95. The number of ether oxygens (including phenoxy) is 2. The summed E-state index contributed by atoms with van der Waals surface area (Å²) in [5, 5.41) is 2.88. The van der Waals surface area contributed by atoms with E-state index in [0.29, 0.717) is 42.6 Å². The quantitative estimate of drug-likeness (QED) is 0.300. The van der Waals surface area contributed by atoms with Crippen LogP contribution in [0.3, 0.4) is 0 Å². The SMILES string of the molecule is Cc1ccc(OCCCN2C(=O)COc3ccc(NC(=O)/C=C/c4ccc(C(C)C)cc4)cc32)cc1. The molecule has 0 unspecified atom stereocenters. The maximum Gasteiger partial charge on any atom is 0.265 e. The number of hydrogen-bond donors (Lipinski definition) is 1. The Hall–Kier alpha value is -4.06. The van der Waals surface area contributed by atoms with Crippen molar-refractivity contribution in [1.82, 2.24) is 0 Å². The van der Waals surface area contributed by atoms with Crippen LogP contribution in [-0.4, -0.2) is 31.6 Å². The van der Waals surface area contributed by atoms with Crippen molar-refractivity contribution in [1.29, 1.82) is 0 Å². The summed E-state index contributed by atoms with van der Waals surface area (Å²) in [6.45, 7) is 7.30. The van der Waals surface area contributed by atoms with E-state index in [4.69, 9.17) is 9.47 Å². The second-order valence-electron chi connectivity index (χ2n) is 9.18. The molecule has 0 radical (unpaired) electrons. The number of nitrogens with one attached hydrogen (secondary N) is 1. The van der Waals surface area contributed by atoms with Crippen molar-refractivity contribution in [3.05, 3.63) is 89.5 Å². The molecule has 186 valence electrons. The molecule has 0 atom stereocenters. The van der Waals surface area contributed by atoms with Crippen molar-refractivity contribution in [2.24, 2.45) is 0 Å². The third-order valence-electron chi connectivity index (χ3n) is 6.02. The molecule has 4 rings (SSSR count). The van der Waals surface area contributed by atoms with E-state index in [1.54, 1.807) is 29.2 Å². The smallest absolute Gasteiger partial charge is 0.265 e. The van der Waals surface area contributed by atoms with Crippen LogP contribution in [0.25, 0.3) is 6.08 Å². The monoisotopic (exact) mass is 484 g/mol. The topological polar surface area (TPSA) is 67.9 Å². The number of nitrogens with zero attached hydrogens (tertiary/aromatic N) is 1. The van der Waals surface area contributed by atoms with Gasteiger partial charge in [-0.1, -0.05) is 55.8 Å². The normalized spacial score (nSPS) is 13.0. The number of aryl methyl sites for hydroxylation is 1. The van der Waals surface area contributed by atoms with Gasteiger partial charge in [0.25, 0.3) is 5.91 Å². The van der Waals surface area contributed by atoms with Crippen molar-refractivity contribution in [2.45, 2.75) is 33.1 Å². The van der Waals surface area contributed by atoms with Gasteiger partial charge in [-0.25, -0.2) is 0 Å². The first-order chi connectivity index (χ1) is 17.4. The fourth-order valence-corrected chi connectivity index (χ4v) is 3.92. The Balaban J connectivity index is 1.36. The highest BCUT2D eigenvalue weighted by Gasteiger charge is 2.25. The molecular formula is C30H32N2O4. The number of rotatable bonds is 9. The van der Waals surface area contributed by atoms with Gasteiger partial charge in [0.1, 0.15) is 11.5 Å². The summed E-state index contributed by atoms with van der Waals surface area (Å²) in [5.41, 5.74) is 4.63. The van der Waals surface area contributed by atoms with E-state index in [1.165, 1.54) is 17.2 Å². The summed E-state index contributed by atoms with van der Waals surface area (Å²) in [5.74, 6) is 1.53. The van der Waals surface area contributed by atoms with Crippen molar-refractivity contribution in [3.8, 4) is 11.5 Å². The van der Waals surface area contributed by atoms with Gasteiger partial charge < -0.3 is 19.7 Å². The minimum absolute atomic E-state index is 0.00411. The molecule has 1 aliphatic rings. The zero-order chi connectivity index (χ0) is 25.5. The fourth-order valence-electron chi connectivity index (χ4n) is 3.92. The molecule has 0 spiro atoms. The molecule has 36 heavy (non-hydrogen) atoms. The summed E-state index contributed by atoms with van der Waals surface area (Å²) in [6, 6.07) is 21.4. The number of carbonyl (C=O) groups is 2. The lowest BCUT2D eigenvalue weighted by molar-refractivity contribution is -0.121. The highest BCUT2D eigenvalue weighted by molar-refractivity contribution is 6.03. The maximum absolute atomic E-state index is 12.6. The molecule has 1 heterocycles. The Morgan fingerprint density at radius 3 is 2.56 bits per heavy atom. The Labute approximate surface area is 212 Å².